The second-order valence-electron chi connectivity index (χ2n) is 7.56. The van der Waals surface area contributed by atoms with Gasteiger partial charge >= 0.3 is 0 Å². The second-order valence-corrected chi connectivity index (χ2v) is 7.56. The number of aromatic nitrogens is 2. The highest BCUT2D eigenvalue weighted by molar-refractivity contribution is 5.35. The Labute approximate surface area is 160 Å². The summed E-state index contributed by atoms with van der Waals surface area (Å²) >= 11 is 0. The first-order valence-electron chi connectivity index (χ1n) is 10.00. The fourth-order valence-corrected chi connectivity index (χ4v) is 3.99. The first kappa shape index (κ1) is 18.3. The molecule has 144 valence electrons. The molecule has 27 heavy (non-hydrogen) atoms. The van der Waals surface area contributed by atoms with E-state index in [-0.39, 0.29) is 5.82 Å². The lowest BCUT2D eigenvalue weighted by atomic mass is 10.1. The van der Waals surface area contributed by atoms with Gasteiger partial charge in [-0.15, -0.1) is 0 Å². The average molecular weight is 369 g/mol. The van der Waals surface area contributed by atoms with Gasteiger partial charge in [-0.3, -0.25) is 9.80 Å². The molecule has 0 N–H and O–H groups in total. The number of benzene rings is 1. The number of hydrogen-bond donors (Lipinski definition) is 0. The van der Waals surface area contributed by atoms with Gasteiger partial charge in [-0.2, -0.15) is 0 Å². The molecule has 0 unspecified atom stereocenters. The molecule has 0 amide bonds. The molecule has 0 aliphatic carbocycles. The van der Waals surface area contributed by atoms with Crippen LogP contribution in [0, 0.1) is 5.82 Å². The molecule has 1 aromatic carbocycles. The molecule has 0 spiro atoms. The van der Waals surface area contributed by atoms with E-state index in [0.29, 0.717) is 0 Å². The molecule has 2 aromatic rings. The van der Waals surface area contributed by atoms with Crippen LogP contribution in [0.15, 0.2) is 30.5 Å². The molecule has 4 rings (SSSR count). The van der Waals surface area contributed by atoms with Crippen molar-refractivity contribution in [3.05, 3.63) is 53.1 Å². The smallest absolute Gasteiger partial charge is 0.225 e. The summed E-state index contributed by atoms with van der Waals surface area (Å²) in [7, 11) is 0. The van der Waals surface area contributed by atoms with Crippen molar-refractivity contribution in [3.63, 3.8) is 0 Å². The van der Waals surface area contributed by atoms with Crippen LogP contribution in [0.5, 0.6) is 0 Å². The van der Waals surface area contributed by atoms with Crippen LogP contribution >= 0.6 is 0 Å². The van der Waals surface area contributed by atoms with Crippen molar-refractivity contribution in [1.82, 2.24) is 19.8 Å². The van der Waals surface area contributed by atoms with Crippen molar-refractivity contribution in [2.45, 2.75) is 32.9 Å². The van der Waals surface area contributed by atoms with Crippen LogP contribution in [0.2, 0.25) is 0 Å². The summed E-state index contributed by atoms with van der Waals surface area (Å²) in [6.45, 7) is 10.3. The lowest BCUT2D eigenvalue weighted by Gasteiger charge is -2.35. The van der Waals surface area contributed by atoms with E-state index < -0.39 is 0 Å². The third kappa shape index (κ3) is 4.45. The molecule has 0 saturated carbocycles. The maximum Gasteiger partial charge on any atom is 0.225 e. The molecule has 0 radical (unpaired) electrons. The lowest BCUT2D eigenvalue weighted by Crippen LogP contribution is -2.47. The van der Waals surface area contributed by atoms with E-state index in [1.54, 1.807) is 0 Å². The van der Waals surface area contributed by atoms with Crippen molar-refractivity contribution in [2.75, 3.05) is 44.2 Å². The second kappa shape index (κ2) is 8.31. The molecule has 1 aromatic heterocycles. The van der Waals surface area contributed by atoms with E-state index in [9.17, 15) is 4.39 Å². The van der Waals surface area contributed by atoms with Crippen LogP contribution in [0.25, 0.3) is 0 Å². The first-order chi connectivity index (χ1) is 13.2. The molecule has 0 bridgehead atoms. The number of halogens is 1. The monoisotopic (exact) mass is 369 g/mol. The average Bonchev–Trinajstić information content (AvgIpc) is 2.70. The Kier molecular flexibility index (Phi) is 5.64. The highest BCUT2D eigenvalue weighted by Gasteiger charge is 2.22. The van der Waals surface area contributed by atoms with Gasteiger partial charge in [0.1, 0.15) is 5.82 Å². The minimum Gasteiger partial charge on any atom is -0.338 e. The molecule has 1 saturated heterocycles. The van der Waals surface area contributed by atoms with E-state index in [1.165, 1.54) is 36.4 Å². The Hall–Kier alpha value is -2.05. The van der Waals surface area contributed by atoms with Gasteiger partial charge in [0.05, 0.1) is 5.69 Å². The molecule has 6 heteroatoms. The first-order valence-corrected chi connectivity index (χ1v) is 10.00. The SMILES string of the molecule is CCCN1CCN(c2ncc3c(n2)CCN(Cc2ccc(F)cc2)C3)CC1. The van der Waals surface area contributed by atoms with E-state index in [2.05, 4.69) is 26.6 Å². The topological polar surface area (TPSA) is 35.5 Å². The van der Waals surface area contributed by atoms with Gasteiger partial charge in [-0.1, -0.05) is 19.1 Å². The molecule has 3 heterocycles. The van der Waals surface area contributed by atoms with Crippen molar-refractivity contribution < 1.29 is 4.39 Å². The molecule has 0 atom stereocenters. The highest BCUT2D eigenvalue weighted by Crippen LogP contribution is 2.21. The zero-order valence-electron chi connectivity index (χ0n) is 16.1. The summed E-state index contributed by atoms with van der Waals surface area (Å²) in [5.74, 6) is 0.705. The predicted octanol–water partition coefficient (Wildman–Crippen LogP) is 2.71. The minimum absolute atomic E-state index is 0.181. The van der Waals surface area contributed by atoms with Crippen LogP contribution < -0.4 is 4.90 Å². The van der Waals surface area contributed by atoms with Crippen LogP contribution in [-0.4, -0.2) is 59.0 Å². The van der Waals surface area contributed by atoms with Gasteiger partial charge in [0.15, 0.2) is 0 Å². The third-order valence-corrected chi connectivity index (χ3v) is 5.51. The Balaban J connectivity index is 1.37. The molecular formula is C21H28FN5. The quantitative estimate of drug-likeness (QED) is 0.810. The van der Waals surface area contributed by atoms with Gasteiger partial charge in [0.2, 0.25) is 5.95 Å². The van der Waals surface area contributed by atoms with Crippen molar-refractivity contribution in [2.24, 2.45) is 0 Å². The lowest BCUT2D eigenvalue weighted by molar-refractivity contribution is 0.242. The van der Waals surface area contributed by atoms with E-state index >= 15 is 0 Å². The Morgan fingerprint density at radius 3 is 2.52 bits per heavy atom. The van der Waals surface area contributed by atoms with Crippen LogP contribution in [0.4, 0.5) is 10.3 Å². The number of anilines is 1. The van der Waals surface area contributed by atoms with E-state index in [0.717, 1.165) is 63.7 Å². The number of nitrogens with zero attached hydrogens (tertiary/aromatic N) is 5. The van der Waals surface area contributed by atoms with Crippen molar-refractivity contribution in [1.29, 1.82) is 0 Å². The van der Waals surface area contributed by atoms with E-state index in [4.69, 9.17) is 4.98 Å². The third-order valence-electron chi connectivity index (χ3n) is 5.51. The molecular weight excluding hydrogens is 341 g/mol. The zero-order valence-corrected chi connectivity index (χ0v) is 16.1. The fourth-order valence-electron chi connectivity index (χ4n) is 3.99. The van der Waals surface area contributed by atoms with Crippen LogP contribution in [0.1, 0.15) is 30.2 Å². The maximum absolute atomic E-state index is 13.1. The van der Waals surface area contributed by atoms with Crippen LogP contribution in [-0.2, 0) is 19.5 Å². The van der Waals surface area contributed by atoms with E-state index in [1.807, 2.05) is 18.3 Å². The number of rotatable bonds is 5. The standard InChI is InChI=1S/C21H28FN5/c1-2-8-25-10-12-27(13-11-25)21-23-14-18-16-26(9-7-20(18)24-21)15-17-3-5-19(22)6-4-17/h3-6,14H,2,7-13,15-16H2,1H3. The molecule has 1 fully saturated rings. The Morgan fingerprint density at radius 1 is 1.00 bits per heavy atom. The van der Waals surface area contributed by atoms with Gasteiger partial charge in [0, 0.05) is 64.0 Å². The largest absolute Gasteiger partial charge is 0.338 e. The summed E-state index contributed by atoms with van der Waals surface area (Å²) < 4.78 is 13.1. The fraction of sp³-hybridized carbons (Fsp3) is 0.524. The zero-order chi connectivity index (χ0) is 18.6. The Morgan fingerprint density at radius 2 is 1.78 bits per heavy atom. The summed E-state index contributed by atoms with van der Waals surface area (Å²) in [4.78, 5) is 16.8. The van der Waals surface area contributed by atoms with Crippen molar-refractivity contribution in [3.8, 4) is 0 Å². The van der Waals surface area contributed by atoms with Crippen LogP contribution in [0.3, 0.4) is 0 Å². The summed E-state index contributed by atoms with van der Waals surface area (Å²) in [6, 6.07) is 6.79. The predicted molar refractivity (Wildman–Crippen MR) is 105 cm³/mol. The normalized spacial score (nSPS) is 18.5. The summed E-state index contributed by atoms with van der Waals surface area (Å²) in [5.41, 5.74) is 3.55. The number of fused-ring (bicyclic) bond motifs is 1. The maximum atomic E-state index is 13.1. The van der Waals surface area contributed by atoms with Crippen molar-refractivity contribution >= 4 is 5.95 Å². The summed E-state index contributed by atoms with van der Waals surface area (Å²) in [5, 5.41) is 0. The molecule has 2 aliphatic rings. The van der Waals surface area contributed by atoms with Gasteiger partial charge < -0.3 is 4.90 Å². The number of piperazine rings is 1. The van der Waals surface area contributed by atoms with Gasteiger partial charge in [-0.05, 0) is 30.7 Å². The van der Waals surface area contributed by atoms with Gasteiger partial charge in [-0.25, -0.2) is 14.4 Å². The van der Waals surface area contributed by atoms with Gasteiger partial charge in [0.25, 0.3) is 0 Å². The Bertz CT molecular complexity index is 756. The number of hydrogen-bond acceptors (Lipinski definition) is 5. The minimum atomic E-state index is -0.181. The molecule has 5 nitrogen and oxygen atoms in total. The highest BCUT2D eigenvalue weighted by atomic mass is 19.1. The molecule has 2 aliphatic heterocycles. The summed E-state index contributed by atoms with van der Waals surface area (Å²) in [6.07, 6.45) is 4.17.